The number of anilines is 2. The molecule has 0 radical (unpaired) electrons. The lowest BCUT2D eigenvalue weighted by Crippen LogP contribution is -2.30. The van der Waals surface area contributed by atoms with Crippen LogP contribution in [0.15, 0.2) is 108 Å². The number of ketones is 1. The molecule has 0 aliphatic carbocycles. The minimum Gasteiger partial charge on any atom is -0.325 e. The first kappa shape index (κ1) is 30.6. The Hall–Kier alpha value is -4.37. The van der Waals surface area contributed by atoms with Crippen LogP contribution in [0.4, 0.5) is 11.4 Å². The van der Waals surface area contributed by atoms with E-state index < -0.39 is 11.8 Å². The predicted molar refractivity (Wildman–Crippen MR) is 169 cm³/mol. The van der Waals surface area contributed by atoms with Crippen LogP contribution in [-0.4, -0.2) is 29.3 Å². The van der Waals surface area contributed by atoms with Crippen LogP contribution in [0.3, 0.4) is 0 Å². The number of thioether (sulfide) groups is 1. The number of halogens is 2. The molecule has 4 rings (SSSR count). The molecule has 0 saturated carbocycles. The fourth-order valence-corrected chi connectivity index (χ4v) is 4.76. The first-order valence-electron chi connectivity index (χ1n) is 12.7. The summed E-state index contributed by atoms with van der Waals surface area (Å²) in [5, 5.41) is 8.80. The number of carbonyl (C=O) groups excluding carboxylic acids is 4. The van der Waals surface area contributed by atoms with E-state index in [1.165, 1.54) is 24.8 Å². The van der Waals surface area contributed by atoms with Gasteiger partial charge in [0.05, 0.1) is 15.8 Å². The Morgan fingerprint density at radius 2 is 1.38 bits per heavy atom. The largest absolute Gasteiger partial charge is 0.325 e. The average Bonchev–Trinajstić information content (AvgIpc) is 2.99. The van der Waals surface area contributed by atoms with Gasteiger partial charge in [0.2, 0.25) is 5.91 Å². The number of nitrogens with one attached hydrogen (secondary N) is 3. The first-order chi connectivity index (χ1) is 20.2. The monoisotopic (exact) mass is 617 g/mol. The zero-order valence-electron chi connectivity index (χ0n) is 22.3. The maximum absolute atomic E-state index is 13.3. The zero-order chi connectivity index (χ0) is 30.1. The molecule has 10 heteroatoms. The van der Waals surface area contributed by atoms with E-state index in [0.717, 1.165) is 4.90 Å². The van der Waals surface area contributed by atoms with E-state index in [1.54, 1.807) is 97.1 Å². The van der Waals surface area contributed by atoms with Gasteiger partial charge >= 0.3 is 0 Å². The van der Waals surface area contributed by atoms with E-state index >= 15 is 0 Å². The lowest BCUT2D eigenvalue weighted by atomic mass is 10.1. The molecular weight excluding hydrogens is 593 g/mol. The van der Waals surface area contributed by atoms with E-state index in [0.29, 0.717) is 33.1 Å². The highest BCUT2D eigenvalue weighted by Gasteiger charge is 2.16. The van der Waals surface area contributed by atoms with Crippen LogP contribution in [0.25, 0.3) is 6.08 Å². The van der Waals surface area contributed by atoms with Gasteiger partial charge in [0.15, 0.2) is 5.78 Å². The number of Topliss-reactive ketones (excluding diaryl/α,β-unsaturated/α-hetero) is 1. The summed E-state index contributed by atoms with van der Waals surface area (Å²) in [5.41, 5.74) is 2.47. The van der Waals surface area contributed by atoms with Crippen molar-refractivity contribution in [3.8, 4) is 0 Å². The van der Waals surface area contributed by atoms with Gasteiger partial charge in [0.25, 0.3) is 11.8 Å². The summed E-state index contributed by atoms with van der Waals surface area (Å²) >= 11 is 13.8. The molecule has 0 spiro atoms. The Morgan fingerprint density at radius 1 is 0.738 bits per heavy atom. The molecule has 0 aromatic heterocycles. The quantitative estimate of drug-likeness (QED) is 0.0981. The maximum atomic E-state index is 13.3. The topological polar surface area (TPSA) is 104 Å². The molecule has 3 N–H and O–H groups in total. The molecule has 0 fully saturated rings. The Bertz CT molecular complexity index is 1640. The minimum absolute atomic E-state index is 0.0283. The van der Waals surface area contributed by atoms with E-state index in [4.69, 9.17) is 23.2 Å². The van der Waals surface area contributed by atoms with Crippen molar-refractivity contribution in [2.24, 2.45) is 0 Å². The van der Waals surface area contributed by atoms with Crippen LogP contribution in [0.2, 0.25) is 10.0 Å². The standard InChI is InChI=1S/C32H25Cl2N3O4S/c1-20(38)21-10-12-24(13-11-21)35-29(39)19-42-26-16-14-25(15-17-26)36-32(41)28(18-23-8-5-9-27(33)30(23)34)37-31(40)22-6-3-2-4-7-22/h2-18H,19H2,1H3,(H,35,39)(H,36,41)(H,37,40)/b28-18-. The summed E-state index contributed by atoms with van der Waals surface area (Å²) in [6.45, 7) is 1.48. The van der Waals surface area contributed by atoms with Crippen molar-refractivity contribution in [3.05, 3.63) is 129 Å². The molecule has 0 bridgehead atoms. The van der Waals surface area contributed by atoms with Crippen molar-refractivity contribution in [1.82, 2.24) is 5.32 Å². The van der Waals surface area contributed by atoms with Gasteiger partial charge in [-0.2, -0.15) is 0 Å². The fourth-order valence-electron chi connectivity index (χ4n) is 3.70. The molecule has 0 aliphatic heterocycles. The van der Waals surface area contributed by atoms with E-state index in [9.17, 15) is 19.2 Å². The Labute approximate surface area is 257 Å². The smallest absolute Gasteiger partial charge is 0.272 e. The molecule has 7 nitrogen and oxygen atoms in total. The maximum Gasteiger partial charge on any atom is 0.272 e. The van der Waals surface area contributed by atoms with Crippen LogP contribution in [0, 0.1) is 0 Å². The molecule has 4 aromatic rings. The second-order valence-electron chi connectivity index (χ2n) is 8.97. The normalized spacial score (nSPS) is 11.0. The molecule has 212 valence electrons. The molecule has 0 aliphatic rings. The van der Waals surface area contributed by atoms with Crippen molar-refractivity contribution in [2.45, 2.75) is 11.8 Å². The van der Waals surface area contributed by atoms with Crippen molar-refractivity contribution in [1.29, 1.82) is 0 Å². The third kappa shape index (κ3) is 8.57. The third-order valence-electron chi connectivity index (χ3n) is 5.87. The van der Waals surface area contributed by atoms with Crippen molar-refractivity contribution in [2.75, 3.05) is 16.4 Å². The summed E-state index contributed by atoms with van der Waals surface area (Å²) in [4.78, 5) is 50.7. The summed E-state index contributed by atoms with van der Waals surface area (Å²) < 4.78 is 0. The lowest BCUT2D eigenvalue weighted by molar-refractivity contribution is -0.114. The van der Waals surface area contributed by atoms with Crippen LogP contribution < -0.4 is 16.0 Å². The van der Waals surface area contributed by atoms with E-state index in [-0.39, 0.29) is 28.2 Å². The highest BCUT2D eigenvalue weighted by atomic mass is 35.5. The molecule has 0 atom stereocenters. The number of amides is 3. The van der Waals surface area contributed by atoms with Crippen LogP contribution in [0.5, 0.6) is 0 Å². The molecule has 3 amide bonds. The number of carbonyl (C=O) groups is 4. The first-order valence-corrected chi connectivity index (χ1v) is 14.4. The fraction of sp³-hybridized carbons (Fsp3) is 0.0625. The van der Waals surface area contributed by atoms with Crippen molar-refractivity contribution < 1.29 is 19.2 Å². The second-order valence-corrected chi connectivity index (χ2v) is 10.8. The number of hydrogen-bond acceptors (Lipinski definition) is 5. The minimum atomic E-state index is -0.564. The number of benzene rings is 4. The van der Waals surface area contributed by atoms with Crippen molar-refractivity contribution >= 4 is 75.9 Å². The van der Waals surface area contributed by atoms with Gasteiger partial charge in [-0.25, -0.2) is 0 Å². The number of hydrogen-bond donors (Lipinski definition) is 3. The average molecular weight is 619 g/mol. The summed E-state index contributed by atoms with van der Waals surface area (Å²) in [6.07, 6.45) is 1.46. The Kier molecular flexibility index (Phi) is 10.6. The van der Waals surface area contributed by atoms with Gasteiger partial charge in [0.1, 0.15) is 5.70 Å². The molecule has 0 unspecified atom stereocenters. The Morgan fingerprint density at radius 3 is 2.05 bits per heavy atom. The van der Waals surface area contributed by atoms with Gasteiger partial charge in [-0.05, 0) is 85.3 Å². The summed E-state index contributed by atoms with van der Waals surface area (Å²) in [6, 6.07) is 27.1. The molecule has 0 heterocycles. The highest BCUT2D eigenvalue weighted by Crippen LogP contribution is 2.27. The van der Waals surface area contributed by atoms with E-state index in [1.807, 2.05) is 0 Å². The zero-order valence-corrected chi connectivity index (χ0v) is 24.6. The molecule has 4 aromatic carbocycles. The SMILES string of the molecule is CC(=O)c1ccc(NC(=O)CSc2ccc(NC(=O)/C(=C/c3cccc(Cl)c3Cl)NC(=O)c3ccccc3)cc2)cc1. The highest BCUT2D eigenvalue weighted by molar-refractivity contribution is 8.00. The van der Waals surface area contributed by atoms with Gasteiger partial charge in [-0.15, -0.1) is 11.8 Å². The van der Waals surface area contributed by atoms with Crippen LogP contribution >= 0.6 is 35.0 Å². The second kappa shape index (κ2) is 14.5. The molecular formula is C32H25Cl2N3O4S. The summed E-state index contributed by atoms with van der Waals surface area (Å²) in [7, 11) is 0. The van der Waals surface area contributed by atoms with Crippen LogP contribution in [-0.2, 0) is 9.59 Å². The number of rotatable bonds is 10. The van der Waals surface area contributed by atoms with E-state index in [2.05, 4.69) is 16.0 Å². The van der Waals surface area contributed by atoms with Gasteiger partial charge < -0.3 is 16.0 Å². The van der Waals surface area contributed by atoms with Crippen LogP contribution in [0.1, 0.15) is 33.2 Å². The van der Waals surface area contributed by atoms with Gasteiger partial charge in [0, 0.05) is 27.4 Å². The molecule has 42 heavy (non-hydrogen) atoms. The van der Waals surface area contributed by atoms with Gasteiger partial charge in [-0.1, -0.05) is 53.5 Å². The van der Waals surface area contributed by atoms with Gasteiger partial charge in [-0.3, -0.25) is 19.2 Å². The third-order valence-corrected chi connectivity index (χ3v) is 7.71. The lowest BCUT2D eigenvalue weighted by Gasteiger charge is -2.12. The predicted octanol–water partition coefficient (Wildman–Crippen LogP) is 7.34. The Balaban J connectivity index is 1.40. The molecule has 0 saturated heterocycles. The summed E-state index contributed by atoms with van der Waals surface area (Å²) in [5.74, 6) is -1.10. The van der Waals surface area contributed by atoms with Crippen molar-refractivity contribution in [3.63, 3.8) is 0 Å².